The van der Waals surface area contributed by atoms with Crippen LogP contribution in [-0.4, -0.2) is 29.6 Å². The summed E-state index contributed by atoms with van der Waals surface area (Å²) >= 11 is 0. The number of carbonyl (C=O) groups is 2. The maximum Gasteiger partial charge on any atom is 0.252 e. The first-order valence-corrected chi connectivity index (χ1v) is 10.9. The summed E-state index contributed by atoms with van der Waals surface area (Å²) in [6, 6.07) is 14.7. The molecule has 0 unspecified atom stereocenters. The first kappa shape index (κ1) is 19.3. The summed E-state index contributed by atoms with van der Waals surface area (Å²) in [5.41, 5.74) is 8.16. The van der Waals surface area contributed by atoms with E-state index in [0.717, 1.165) is 21.4 Å². The van der Waals surface area contributed by atoms with E-state index in [1.165, 1.54) is 0 Å². The normalized spacial score (nSPS) is 10.7. The van der Waals surface area contributed by atoms with Crippen molar-refractivity contribution in [2.45, 2.75) is 11.3 Å². The van der Waals surface area contributed by atoms with Crippen molar-refractivity contribution >= 4 is 44.3 Å². The largest absolute Gasteiger partial charge is 0.366 e. The van der Waals surface area contributed by atoms with Crippen molar-refractivity contribution in [2.24, 2.45) is 5.73 Å². The standard InChI is InChI=1S/C20H19N3O2S2/c1-26-27-17-7-3-6-15-16(9-11-22-18(15)17)20(25)23-10-8-13-4-2-5-14(12-13)19(21)24/h2-7,9,11-12H,8,10H2,1H3,(H2,21,24)(H,23,25). The van der Waals surface area contributed by atoms with Gasteiger partial charge in [-0.1, -0.05) is 45.9 Å². The van der Waals surface area contributed by atoms with Gasteiger partial charge in [0.2, 0.25) is 5.91 Å². The van der Waals surface area contributed by atoms with Crippen LogP contribution in [0.1, 0.15) is 26.3 Å². The van der Waals surface area contributed by atoms with Gasteiger partial charge in [-0.2, -0.15) is 0 Å². The van der Waals surface area contributed by atoms with Gasteiger partial charge in [0.25, 0.3) is 5.91 Å². The molecule has 0 bridgehead atoms. The Balaban J connectivity index is 1.72. The minimum atomic E-state index is -0.456. The number of primary amides is 1. The van der Waals surface area contributed by atoms with E-state index in [0.29, 0.717) is 24.1 Å². The van der Waals surface area contributed by atoms with E-state index in [1.54, 1.807) is 52.1 Å². The number of pyridine rings is 1. The molecule has 0 saturated carbocycles. The summed E-state index contributed by atoms with van der Waals surface area (Å²) in [6.45, 7) is 0.462. The lowest BCUT2D eigenvalue weighted by molar-refractivity contribution is 0.0954. The zero-order chi connectivity index (χ0) is 19.2. The Labute approximate surface area is 165 Å². The minimum absolute atomic E-state index is 0.139. The lowest BCUT2D eigenvalue weighted by Gasteiger charge is -2.10. The van der Waals surface area contributed by atoms with Gasteiger partial charge >= 0.3 is 0 Å². The van der Waals surface area contributed by atoms with Gasteiger partial charge in [0.05, 0.1) is 11.1 Å². The molecule has 7 heteroatoms. The van der Waals surface area contributed by atoms with Crippen LogP contribution in [0.5, 0.6) is 0 Å². The Hall–Kier alpha value is -2.51. The van der Waals surface area contributed by atoms with Crippen molar-refractivity contribution in [1.82, 2.24) is 10.3 Å². The zero-order valence-corrected chi connectivity index (χ0v) is 16.4. The lowest BCUT2D eigenvalue weighted by atomic mass is 10.1. The van der Waals surface area contributed by atoms with Gasteiger partial charge in [-0.15, -0.1) is 0 Å². The highest BCUT2D eigenvalue weighted by molar-refractivity contribution is 8.76. The van der Waals surface area contributed by atoms with E-state index in [2.05, 4.69) is 10.3 Å². The van der Waals surface area contributed by atoms with Gasteiger partial charge in [-0.3, -0.25) is 14.6 Å². The van der Waals surface area contributed by atoms with E-state index < -0.39 is 5.91 Å². The van der Waals surface area contributed by atoms with Crippen LogP contribution in [-0.2, 0) is 6.42 Å². The molecular weight excluding hydrogens is 378 g/mol. The fraction of sp³-hybridized carbons (Fsp3) is 0.150. The van der Waals surface area contributed by atoms with Crippen LogP contribution in [0.2, 0.25) is 0 Å². The molecule has 27 heavy (non-hydrogen) atoms. The van der Waals surface area contributed by atoms with Gasteiger partial charge in [0.15, 0.2) is 0 Å². The number of hydrogen-bond acceptors (Lipinski definition) is 5. The van der Waals surface area contributed by atoms with Crippen molar-refractivity contribution in [2.75, 3.05) is 12.8 Å². The summed E-state index contributed by atoms with van der Waals surface area (Å²) in [5, 5.41) is 3.78. The molecule has 0 aliphatic rings. The van der Waals surface area contributed by atoms with E-state index in [-0.39, 0.29) is 5.91 Å². The number of rotatable bonds is 7. The van der Waals surface area contributed by atoms with E-state index in [1.807, 2.05) is 30.5 Å². The van der Waals surface area contributed by atoms with Crippen molar-refractivity contribution in [3.05, 3.63) is 71.4 Å². The smallest absolute Gasteiger partial charge is 0.252 e. The van der Waals surface area contributed by atoms with Crippen LogP contribution >= 0.6 is 21.6 Å². The summed E-state index contributed by atoms with van der Waals surface area (Å²) in [7, 11) is 3.27. The average Bonchev–Trinajstić information content (AvgIpc) is 2.68. The van der Waals surface area contributed by atoms with Crippen molar-refractivity contribution < 1.29 is 9.59 Å². The maximum atomic E-state index is 12.7. The molecular formula is C20H19N3O2S2. The third-order valence-electron chi connectivity index (χ3n) is 4.06. The monoisotopic (exact) mass is 397 g/mol. The highest BCUT2D eigenvalue weighted by Gasteiger charge is 2.12. The van der Waals surface area contributed by atoms with Crippen LogP contribution in [0.15, 0.2) is 59.6 Å². The quantitative estimate of drug-likeness (QED) is 0.594. The molecule has 5 nitrogen and oxygen atoms in total. The van der Waals surface area contributed by atoms with Gasteiger partial charge in [0.1, 0.15) is 0 Å². The minimum Gasteiger partial charge on any atom is -0.366 e. The molecule has 0 aliphatic carbocycles. The highest BCUT2D eigenvalue weighted by Crippen LogP contribution is 2.34. The van der Waals surface area contributed by atoms with Crippen LogP contribution in [0.25, 0.3) is 10.9 Å². The Kier molecular flexibility index (Phi) is 6.36. The fourth-order valence-corrected chi connectivity index (χ4v) is 4.30. The number of fused-ring (bicyclic) bond motifs is 1. The molecule has 1 heterocycles. The average molecular weight is 398 g/mol. The number of aromatic nitrogens is 1. The molecule has 0 atom stereocenters. The Morgan fingerprint density at radius 1 is 1.15 bits per heavy atom. The molecule has 1 aromatic heterocycles. The first-order chi connectivity index (χ1) is 13.1. The molecule has 138 valence electrons. The fourth-order valence-electron chi connectivity index (χ4n) is 2.80. The summed E-state index contributed by atoms with van der Waals surface area (Å²) in [4.78, 5) is 29.4. The number of hydrogen-bond donors (Lipinski definition) is 2. The van der Waals surface area contributed by atoms with Crippen molar-refractivity contribution in [3.8, 4) is 0 Å². The topological polar surface area (TPSA) is 85.1 Å². The molecule has 3 rings (SSSR count). The lowest BCUT2D eigenvalue weighted by Crippen LogP contribution is -2.26. The number of benzene rings is 2. The number of nitrogens with one attached hydrogen (secondary N) is 1. The number of nitrogens with zero attached hydrogens (tertiary/aromatic N) is 1. The number of para-hydroxylation sites is 1. The number of amides is 2. The molecule has 0 saturated heterocycles. The van der Waals surface area contributed by atoms with Gasteiger partial charge in [0, 0.05) is 28.6 Å². The van der Waals surface area contributed by atoms with Crippen molar-refractivity contribution in [3.63, 3.8) is 0 Å². The van der Waals surface area contributed by atoms with Crippen LogP contribution in [0.4, 0.5) is 0 Å². The Morgan fingerprint density at radius 3 is 2.74 bits per heavy atom. The molecule has 3 aromatic rings. The number of carbonyl (C=O) groups excluding carboxylic acids is 2. The molecule has 3 N–H and O–H groups in total. The number of nitrogens with two attached hydrogens (primary N) is 1. The van der Waals surface area contributed by atoms with E-state index in [9.17, 15) is 9.59 Å². The summed E-state index contributed by atoms with van der Waals surface area (Å²) in [6.07, 6.45) is 4.29. The molecule has 0 spiro atoms. The summed E-state index contributed by atoms with van der Waals surface area (Å²) < 4.78 is 0. The first-order valence-electron chi connectivity index (χ1n) is 8.35. The van der Waals surface area contributed by atoms with Crippen LogP contribution in [0.3, 0.4) is 0 Å². The van der Waals surface area contributed by atoms with Crippen LogP contribution in [0, 0.1) is 0 Å². The second-order valence-corrected chi connectivity index (χ2v) is 8.27. The van der Waals surface area contributed by atoms with Gasteiger partial charge in [-0.25, -0.2) is 0 Å². The van der Waals surface area contributed by atoms with Gasteiger partial charge in [-0.05, 0) is 42.5 Å². The zero-order valence-electron chi connectivity index (χ0n) is 14.8. The van der Waals surface area contributed by atoms with Crippen molar-refractivity contribution in [1.29, 1.82) is 0 Å². The molecule has 2 amide bonds. The maximum absolute atomic E-state index is 12.7. The molecule has 0 aliphatic heterocycles. The van der Waals surface area contributed by atoms with Crippen LogP contribution < -0.4 is 11.1 Å². The third kappa shape index (κ3) is 4.61. The predicted molar refractivity (Wildman–Crippen MR) is 112 cm³/mol. The Bertz CT molecular complexity index is 992. The second-order valence-electron chi connectivity index (χ2n) is 5.83. The predicted octanol–water partition coefficient (Wildman–Crippen LogP) is 3.68. The second kappa shape index (κ2) is 8.92. The highest BCUT2D eigenvalue weighted by atomic mass is 33.1. The third-order valence-corrected chi connectivity index (χ3v) is 5.78. The van der Waals surface area contributed by atoms with E-state index in [4.69, 9.17) is 5.73 Å². The Morgan fingerprint density at radius 2 is 1.96 bits per heavy atom. The van der Waals surface area contributed by atoms with E-state index >= 15 is 0 Å². The summed E-state index contributed by atoms with van der Waals surface area (Å²) in [5.74, 6) is -0.595. The molecule has 0 fully saturated rings. The van der Waals surface area contributed by atoms with Gasteiger partial charge < -0.3 is 11.1 Å². The molecule has 2 aromatic carbocycles. The molecule has 0 radical (unpaired) electrons. The SMILES string of the molecule is CSSc1cccc2c(C(=O)NCCc3cccc(C(N)=O)c3)ccnc12.